The molecule has 0 spiro atoms. The van der Waals surface area contributed by atoms with E-state index in [1.807, 2.05) is 0 Å². The van der Waals surface area contributed by atoms with Gasteiger partial charge in [-0.15, -0.1) is 0 Å². The number of piperidine rings is 1. The zero-order chi connectivity index (χ0) is 15.7. The summed E-state index contributed by atoms with van der Waals surface area (Å²) >= 11 is 0. The number of amides is 1. The first kappa shape index (κ1) is 16.5. The Labute approximate surface area is 114 Å². The summed E-state index contributed by atoms with van der Waals surface area (Å²) in [6.07, 6.45) is -5.96. The monoisotopic (exact) mass is 298 g/mol. The Morgan fingerprint density at radius 3 is 2.30 bits per heavy atom. The molecule has 1 aliphatic heterocycles. The van der Waals surface area contributed by atoms with Gasteiger partial charge >= 0.3 is 12.3 Å². The minimum Gasteiger partial charge on any atom is -0.444 e. The fourth-order valence-electron chi connectivity index (χ4n) is 2.02. The van der Waals surface area contributed by atoms with Gasteiger partial charge in [0.1, 0.15) is 11.5 Å². The normalized spacial score (nSPS) is 24.4. The fraction of sp³-hybridized carbons (Fsp3) is 0.909. The summed E-state index contributed by atoms with van der Waals surface area (Å²) in [4.78, 5) is 22.5. The summed E-state index contributed by atoms with van der Waals surface area (Å²) in [5.74, 6) is -2.03. The number of nitrogens with zero attached hydrogens (tertiary/aromatic N) is 2. The molecule has 0 aromatic carbocycles. The van der Waals surface area contributed by atoms with Gasteiger partial charge in [0.2, 0.25) is 6.04 Å². The molecule has 116 valence electrons. The van der Waals surface area contributed by atoms with Gasteiger partial charge in [-0.3, -0.25) is 10.1 Å². The highest BCUT2D eigenvalue weighted by Gasteiger charge is 2.53. The van der Waals surface area contributed by atoms with Crippen LogP contribution in [-0.2, 0) is 4.74 Å². The van der Waals surface area contributed by atoms with Crippen molar-refractivity contribution in [3.05, 3.63) is 10.1 Å². The lowest BCUT2D eigenvalue weighted by Crippen LogP contribution is -2.54. The zero-order valence-corrected chi connectivity index (χ0v) is 11.4. The Morgan fingerprint density at radius 1 is 1.35 bits per heavy atom. The van der Waals surface area contributed by atoms with E-state index < -0.39 is 47.7 Å². The number of alkyl halides is 3. The maximum absolute atomic E-state index is 12.7. The summed E-state index contributed by atoms with van der Waals surface area (Å²) in [5.41, 5.74) is -0.803. The molecule has 0 aliphatic carbocycles. The predicted octanol–water partition coefficient (Wildman–Crippen LogP) is 2.45. The van der Waals surface area contributed by atoms with Crippen molar-refractivity contribution in [1.29, 1.82) is 0 Å². The highest BCUT2D eigenvalue weighted by Crippen LogP contribution is 2.35. The van der Waals surface area contributed by atoms with Gasteiger partial charge in [-0.2, -0.15) is 13.2 Å². The summed E-state index contributed by atoms with van der Waals surface area (Å²) in [7, 11) is 0. The summed E-state index contributed by atoms with van der Waals surface area (Å²) in [6, 6.07) is -1.85. The van der Waals surface area contributed by atoms with Crippen LogP contribution in [-0.4, -0.2) is 46.8 Å². The van der Waals surface area contributed by atoms with E-state index in [1.165, 1.54) is 0 Å². The molecular weight excluding hydrogens is 281 g/mol. The molecule has 1 fully saturated rings. The Balaban J connectivity index is 2.79. The third kappa shape index (κ3) is 4.24. The Hall–Kier alpha value is -1.54. The first-order valence-electron chi connectivity index (χ1n) is 6.10. The van der Waals surface area contributed by atoms with E-state index in [4.69, 9.17) is 4.74 Å². The minimum absolute atomic E-state index is 0.205. The van der Waals surface area contributed by atoms with Gasteiger partial charge in [-0.25, -0.2) is 4.79 Å². The number of rotatable bonds is 1. The Morgan fingerprint density at radius 2 is 1.90 bits per heavy atom. The van der Waals surface area contributed by atoms with Crippen LogP contribution >= 0.6 is 0 Å². The van der Waals surface area contributed by atoms with Crippen molar-refractivity contribution >= 4 is 6.09 Å². The van der Waals surface area contributed by atoms with E-state index in [-0.39, 0.29) is 6.54 Å². The molecule has 1 aliphatic rings. The molecular formula is C11H17F3N2O4. The molecule has 0 saturated carbocycles. The number of nitro groups is 1. The lowest BCUT2D eigenvalue weighted by Gasteiger charge is -2.35. The quantitative estimate of drug-likeness (QED) is 0.550. The van der Waals surface area contributed by atoms with Gasteiger partial charge in [-0.05, 0) is 27.2 Å². The van der Waals surface area contributed by atoms with Gasteiger partial charge < -0.3 is 9.64 Å². The van der Waals surface area contributed by atoms with Crippen LogP contribution in [0.4, 0.5) is 18.0 Å². The van der Waals surface area contributed by atoms with Crippen molar-refractivity contribution in [2.24, 2.45) is 5.92 Å². The molecule has 0 bridgehead atoms. The van der Waals surface area contributed by atoms with Crippen LogP contribution in [0, 0.1) is 16.0 Å². The molecule has 0 aromatic heterocycles. The van der Waals surface area contributed by atoms with E-state index in [0.29, 0.717) is 0 Å². The first-order valence-corrected chi connectivity index (χ1v) is 6.10. The zero-order valence-electron chi connectivity index (χ0n) is 11.4. The molecule has 0 N–H and O–H groups in total. The van der Waals surface area contributed by atoms with Gasteiger partial charge in [-0.1, -0.05) is 0 Å². The van der Waals surface area contributed by atoms with Gasteiger partial charge in [0.15, 0.2) is 0 Å². The molecule has 1 heterocycles. The van der Waals surface area contributed by atoms with Crippen molar-refractivity contribution in [3.63, 3.8) is 0 Å². The lowest BCUT2D eigenvalue weighted by molar-refractivity contribution is -0.544. The summed E-state index contributed by atoms with van der Waals surface area (Å²) < 4.78 is 43.1. The van der Waals surface area contributed by atoms with Gasteiger partial charge in [0.05, 0.1) is 6.54 Å². The number of hydrogen-bond acceptors (Lipinski definition) is 4. The number of halogens is 3. The number of likely N-dealkylation sites (tertiary alicyclic amines) is 1. The van der Waals surface area contributed by atoms with Crippen molar-refractivity contribution in [3.8, 4) is 0 Å². The molecule has 0 aromatic rings. The SMILES string of the molecule is CC(C)(C)OC(=O)N1CC[C@H](C(F)(F)F)[C@@H]([N+](=O)[O-])C1. The summed E-state index contributed by atoms with van der Waals surface area (Å²) in [6.45, 7) is 4.03. The molecule has 20 heavy (non-hydrogen) atoms. The van der Waals surface area contributed by atoms with E-state index in [9.17, 15) is 28.1 Å². The second kappa shape index (κ2) is 5.45. The van der Waals surface area contributed by atoms with Crippen LogP contribution < -0.4 is 0 Å². The van der Waals surface area contributed by atoms with E-state index in [0.717, 1.165) is 4.90 Å². The average molecular weight is 298 g/mol. The molecule has 0 radical (unpaired) electrons. The maximum Gasteiger partial charge on any atom is 0.410 e. The van der Waals surface area contributed by atoms with Crippen LogP contribution in [0.1, 0.15) is 27.2 Å². The van der Waals surface area contributed by atoms with Crippen molar-refractivity contribution in [1.82, 2.24) is 4.90 Å². The molecule has 1 rings (SSSR count). The van der Waals surface area contributed by atoms with Crippen LogP contribution in [0.2, 0.25) is 0 Å². The Kier molecular flexibility index (Phi) is 4.50. The maximum atomic E-state index is 12.7. The molecule has 9 heteroatoms. The van der Waals surface area contributed by atoms with Crippen LogP contribution in [0.15, 0.2) is 0 Å². The third-order valence-electron chi connectivity index (χ3n) is 2.92. The van der Waals surface area contributed by atoms with Gasteiger partial charge in [0.25, 0.3) is 0 Å². The molecule has 0 unspecified atom stereocenters. The van der Waals surface area contributed by atoms with Crippen molar-refractivity contribution in [2.45, 2.75) is 45.0 Å². The van der Waals surface area contributed by atoms with E-state index >= 15 is 0 Å². The van der Waals surface area contributed by atoms with Gasteiger partial charge in [0, 0.05) is 11.5 Å². The smallest absolute Gasteiger partial charge is 0.410 e. The van der Waals surface area contributed by atoms with Crippen molar-refractivity contribution in [2.75, 3.05) is 13.1 Å². The molecule has 6 nitrogen and oxygen atoms in total. The minimum atomic E-state index is -4.64. The third-order valence-corrected chi connectivity index (χ3v) is 2.92. The fourth-order valence-corrected chi connectivity index (χ4v) is 2.02. The topological polar surface area (TPSA) is 72.7 Å². The van der Waals surface area contributed by atoms with Crippen LogP contribution in [0.3, 0.4) is 0 Å². The number of carbonyl (C=O) groups excluding carboxylic acids is 1. The highest BCUT2D eigenvalue weighted by molar-refractivity contribution is 5.68. The second-order valence-corrected chi connectivity index (χ2v) is 5.72. The summed E-state index contributed by atoms with van der Waals surface area (Å²) in [5, 5.41) is 10.8. The van der Waals surface area contributed by atoms with E-state index in [2.05, 4.69) is 0 Å². The van der Waals surface area contributed by atoms with Crippen molar-refractivity contribution < 1.29 is 27.6 Å². The van der Waals surface area contributed by atoms with E-state index in [1.54, 1.807) is 20.8 Å². The molecule has 1 amide bonds. The second-order valence-electron chi connectivity index (χ2n) is 5.72. The average Bonchev–Trinajstić information content (AvgIpc) is 2.24. The number of carbonyl (C=O) groups is 1. The standard InChI is InChI=1S/C11H17F3N2O4/c1-10(2,3)20-9(17)15-5-4-7(11(12,13)14)8(6-15)16(18)19/h7-8H,4-6H2,1-3H3/t7-,8-/m0/s1. The largest absolute Gasteiger partial charge is 0.444 e. The number of hydrogen-bond donors (Lipinski definition) is 0. The number of ether oxygens (including phenoxy) is 1. The van der Waals surface area contributed by atoms with Crippen LogP contribution in [0.5, 0.6) is 0 Å². The first-order chi connectivity index (χ1) is 8.92. The predicted molar refractivity (Wildman–Crippen MR) is 62.8 cm³/mol. The molecule has 2 atom stereocenters. The highest BCUT2D eigenvalue weighted by atomic mass is 19.4. The Bertz CT molecular complexity index is 392. The lowest BCUT2D eigenvalue weighted by atomic mass is 9.91. The molecule has 1 saturated heterocycles. The van der Waals surface area contributed by atoms with Crippen LogP contribution in [0.25, 0.3) is 0 Å².